The van der Waals surface area contributed by atoms with Gasteiger partial charge in [-0.05, 0) is 51.0 Å². The summed E-state index contributed by atoms with van der Waals surface area (Å²) in [4.78, 5) is 4.42. The highest BCUT2D eigenvalue weighted by molar-refractivity contribution is 5.92. The fourth-order valence-electron chi connectivity index (χ4n) is 2.53. The lowest BCUT2D eigenvalue weighted by atomic mass is 10.00. The maximum Gasteiger partial charge on any atom is 0.193 e. The van der Waals surface area contributed by atoms with Crippen molar-refractivity contribution in [2.45, 2.75) is 40.5 Å². The first-order valence-electron chi connectivity index (χ1n) is 7.45. The van der Waals surface area contributed by atoms with Gasteiger partial charge in [-0.3, -0.25) is 4.99 Å². The molecule has 5 nitrogen and oxygen atoms in total. The van der Waals surface area contributed by atoms with Crippen LogP contribution >= 0.6 is 0 Å². The lowest BCUT2D eigenvalue weighted by Crippen LogP contribution is -2.23. The molecule has 1 heterocycles. The van der Waals surface area contributed by atoms with Gasteiger partial charge in [0.2, 0.25) is 0 Å². The molecule has 22 heavy (non-hydrogen) atoms. The van der Waals surface area contributed by atoms with Gasteiger partial charge < -0.3 is 15.6 Å². The number of nitrogens with one attached hydrogen (secondary N) is 1. The molecular weight excluding hydrogens is 276 g/mol. The Bertz CT molecular complexity index is 668. The number of nitrogens with two attached hydrogens (primary N) is 1. The Morgan fingerprint density at radius 2 is 2.00 bits per heavy atom. The molecule has 5 heteroatoms. The first-order valence-corrected chi connectivity index (χ1v) is 7.45. The number of anilines is 1. The second-order valence-electron chi connectivity index (χ2n) is 5.79. The van der Waals surface area contributed by atoms with Crippen LogP contribution in [0.4, 0.5) is 5.69 Å². The molecule has 0 amide bonds. The van der Waals surface area contributed by atoms with E-state index < -0.39 is 0 Å². The smallest absolute Gasteiger partial charge is 0.193 e. The zero-order chi connectivity index (χ0) is 16.3. The van der Waals surface area contributed by atoms with E-state index in [1.165, 1.54) is 11.1 Å². The van der Waals surface area contributed by atoms with E-state index in [9.17, 15) is 0 Å². The summed E-state index contributed by atoms with van der Waals surface area (Å²) in [6.45, 7) is 10.7. The van der Waals surface area contributed by atoms with E-state index >= 15 is 0 Å². The van der Waals surface area contributed by atoms with Crippen molar-refractivity contribution in [2.24, 2.45) is 10.7 Å². The number of hydrogen-bond donors (Lipinski definition) is 2. The third-order valence-electron chi connectivity index (χ3n) is 3.90. The summed E-state index contributed by atoms with van der Waals surface area (Å²) in [5, 5.41) is 7.11. The zero-order valence-electron chi connectivity index (χ0n) is 13.9. The molecule has 0 aliphatic carbocycles. The van der Waals surface area contributed by atoms with Crippen LogP contribution in [0.2, 0.25) is 0 Å². The van der Waals surface area contributed by atoms with Crippen molar-refractivity contribution in [3.8, 4) is 0 Å². The standard InChI is InChI=1S/C17H24N4O/c1-10-6-7-15(8-11(10)2)20-17(18)19-9-12(3)16-13(4)21-22-14(16)5/h6-8,12H,9H2,1-5H3,(H3,18,19,20). The molecule has 0 radical (unpaired) electrons. The van der Waals surface area contributed by atoms with Crippen molar-refractivity contribution in [3.63, 3.8) is 0 Å². The molecule has 1 aromatic heterocycles. The highest BCUT2D eigenvalue weighted by Crippen LogP contribution is 2.23. The Balaban J connectivity index is 2.02. The van der Waals surface area contributed by atoms with Crippen LogP contribution in [0.1, 0.15) is 41.0 Å². The minimum Gasteiger partial charge on any atom is -0.370 e. The fraction of sp³-hybridized carbons (Fsp3) is 0.412. The van der Waals surface area contributed by atoms with Crippen LogP contribution in [-0.4, -0.2) is 17.7 Å². The highest BCUT2D eigenvalue weighted by atomic mass is 16.5. The first-order chi connectivity index (χ1) is 10.4. The zero-order valence-corrected chi connectivity index (χ0v) is 13.9. The minimum absolute atomic E-state index is 0.214. The summed E-state index contributed by atoms with van der Waals surface area (Å²) < 4.78 is 5.20. The van der Waals surface area contributed by atoms with Gasteiger partial charge >= 0.3 is 0 Å². The van der Waals surface area contributed by atoms with Gasteiger partial charge in [-0.15, -0.1) is 0 Å². The Labute approximate surface area is 131 Å². The quantitative estimate of drug-likeness (QED) is 0.670. The van der Waals surface area contributed by atoms with Gasteiger partial charge in [0.05, 0.1) is 5.69 Å². The van der Waals surface area contributed by atoms with E-state index in [1.54, 1.807) is 0 Å². The van der Waals surface area contributed by atoms with Crippen LogP contribution in [0, 0.1) is 27.7 Å². The van der Waals surface area contributed by atoms with Crippen LogP contribution in [0.15, 0.2) is 27.7 Å². The van der Waals surface area contributed by atoms with E-state index in [-0.39, 0.29) is 5.92 Å². The van der Waals surface area contributed by atoms with Crippen LogP contribution in [0.5, 0.6) is 0 Å². The van der Waals surface area contributed by atoms with Crippen LogP contribution in [-0.2, 0) is 0 Å². The molecule has 0 spiro atoms. The minimum atomic E-state index is 0.214. The summed E-state index contributed by atoms with van der Waals surface area (Å²) >= 11 is 0. The molecule has 0 aliphatic heterocycles. The highest BCUT2D eigenvalue weighted by Gasteiger charge is 2.15. The Morgan fingerprint density at radius 1 is 1.27 bits per heavy atom. The number of rotatable bonds is 4. The van der Waals surface area contributed by atoms with Crippen LogP contribution < -0.4 is 11.1 Å². The lowest BCUT2D eigenvalue weighted by Gasteiger charge is -2.11. The molecule has 118 valence electrons. The number of nitrogens with zero attached hydrogens (tertiary/aromatic N) is 2. The summed E-state index contributed by atoms with van der Waals surface area (Å²) in [7, 11) is 0. The fourth-order valence-corrected chi connectivity index (χ4v) is 2.53. The molecule has 3 N–H and O–H groups in total. The first kappa shape index (κ1) is 16.1. The number of aromatic nitrogens is 1. The van der Waals surface area contributed by atoms with Gasteiger partial charge in [-0.1, -0.05) is 18.1 Å². The Morgan fingerprint density at radius 3 is 2.59 bits per heavy atom. The van der Waals surface area contributed by atoms with Crippen LogP contribution in [0.3, 0.4) is 0 Å². The molecule has 1 unspecified atom stereocenters. The van der Waals surface area contributed by atoms with Gasteiger partial charge in [0.15, 0.2) is 5.96 Å². The van der Waals surface area contributed by atoms with Gasteiger partial charge in [-0.2, -0.15) is 0 Å². The van der Waals surface area contributed by atoms with E-state index in [1.807, 2.05) is 19.9 Å². The number of aryl methyl sites for hydroxylation is 4. The topological polar surface area (TPSA) is 76.4 Å². The molecule has 0 bridgehead atoms. The summed E-state index contributed by atoms with van der Waals surface area (Å²) in [5.74, 6) is 1.48. The van der Waals surface area contributed by atoms with Crippen LogP contribution in [0.25, 0.3) is 0 Å². The van der Waals surface area contributed by atoms with E-state index in [0.717, 1.165) is 22.7 Å². The van der Waals surface area contributed by atoms with Crippen molar-refractivity contribution in [3.05, 3.63) is 46.3 Å². The molecule has 1 aromatic carbocycles. The second-order valence-corrected chi connectivity index (χ2v) is 5.79. The predicted molar refractivity (Wildman–Crippen MR) is 90.4 cm³/mol. The molecule has 0 aliphatic rings. The van der Waals surface area contributed by atoms with Gasteiger partial charge in [0.25, 0.3) is 0 Å². The molecule has 0 saturated carbocycles. The Kier molecular flexibility index (Phi) is 4.85. The number of aliphatic imine (C=N–C) groups is 1. The molecule has 2 rings (SSSR count). The largest absolute Gasteiger partial charge is 0.370 e. The SMILES string of the molecule is Cc1ccc(NC(N)=NCC(C)c2c(C)noc2C)cc1C. The van der Waals surface area contributed by atoms with Gasteiger partial charge in [0.1, 0.15) is 5.76 Å². The molecular formula is C17H24N4O. The molecule has 2 aromatic rings. The third-order valence-corrected chi connectivity index (χ3v) is 3.90. The van der Waals surface area contributed by atoms with E-state index in [4.69, 9.17) is 10.3 Å². The number of benzene rings is 1. The van der Waals surface area contributed by atoms with Gasteiger partial charge in [0, 0.05) is 23.7 Å². The average Bonchev–Trinajstić information content (AvgIpc) is 2.80. The lowest BCUT2D eigenvalue weighted by molar-refractivity contribution is 0.391. The predicted octanol–water partition coefficient (Wildman–Crippen LogP) is 3.44. The van der Waals surface area contributed by atoms with Crippen molar-refractivity contribution >= 4 is 11.6 Å². The van der Waals surface area contributed by atoms with Gasteiger partial charge in [-0.25, -0.2) is 0 Å². The maximum atomic E-state index is 5.97. The maximum absolute atomic E-state index is 5.97. The summed E-state index contributed by atoms with van der Waals surface area (Å²) in [6, 6.07) is 6.13. The molecule has 0 fully saturated rings. The Hall–Kier alpha value is -2.30. The summed E-state index contributed by atoms with van der Waals surface area (Å²) in [5.41, 5.74) is 11.4. The molecule has 0 saturated heterocycles. The van der Waals surface area contributed by atoms with Crippen molar-refractivity contribution < 1.29 is 4.52 Å². The van der Waals surface area contributed by atoms with E-state index in [0.29, 0.717) is 12.5 Å². The van der Waals surface area contributed by atoms with Crippen molar-refractivity contribution in [1.29, 1.82) is 0 Å². The normalized spacial score (nSPS) is 13.2. The number of guanidine groups is 1. The van der Waals surface area contributed by atoms with E-state index in [2.05, 4.69) is 48.4 Å². The van der Waals surface area contributed by atoms with Crippen molar-refractivity contribution in [2.75, 3.05) is 11.9 Å². The molecule has 1 atom stereocenters. The number of hydrogen-bond acceptors (Lipinski definition) is 3. The second kappa shape index (κ2) is 6.64. The monoisotopic (exact) mass is 300 g/mol. The average molecular weight is 300 g/mol. The van der Waals surface area contributed by atoms with Crippen molar-refractivity contribution in [1.82, 2.24) is 5.16 Å². The summed E-state index contributed by atoms with van der Waals surface area (Å²) in [6.07, 6.45) is 0. The third kappa shape index (κ3) is 3.67.